The molecule has 1 atom stereocenters. The zero-order valence-corrected chi connectivity index (χ0v) is 22.9. The van der Waals surface area contributed by atoms with Crippen molar-refractivity contribution >= 4 is 28.6 Å². The number of thiophene rings is 1. The van der Waals surface area contributed by atoms with E-state index in [0.717, 1.165) is 77.5 Å². The third-order valence-corrected chi connectivity index (χ3v) is 8.60. The van der Waals surface area contributed by atoms with E-state index in [1.807, 2.05) is 47.8 Å². The number of pyridine rings is 1. The molecule has 1 aliphatic rings. The van der Waals surface area contributed by atoms with Crippen LogP contribution in [0.25, 0.3) is 28.0 Å². The third kappa shape index (κ3) is 5.35. The van der Waals surface area contributed by atoms with Crippen molar-refractivity contribution in [2.24, 2.45) is 5.92 Å². The van der Waals surface area contributed by atoms with Crippen LogP contribution in [-0.4, -0.2) is 38.9 Å². The number of benzene rings is 2. The van der Waals surface area contributed by atoms with E-state index in [1.54, 1.807) is 18.3 Å². The summed E-state index contributed by atoms with van der Waals surface area (Å²) in [6.45, 7) is 4.20. The van der Waals surface area contributed by atoms with Crippen LogP contribution >= 0.6 is 11.3 Å². The first-order valence-corrected chi connectivity index (χ1v) is 14.4. The number of hydrogen-bond acceptors (Lipinski definition) is 5. The number of aromatic nitrogens is 2. The second kappa shape index (κ2) is 11.1. The maximum absolute atomic E-state index is 13.0. The summed E-state index contributed by atoms with van der Waals surface area (Å²) in [4.78, 5) is 33.2. The van der Waals surface area contributed by atoms with Gasteiger partial charge in [-0.1, -0.05) is 60.7 Å². The Morgan fingerprint density at radius 1 is 0.872 bits per heavy atom. The third-order valence-electron chi connectivity index (χ3n) is 7.72. The van der Waals surface area contributed by atoms with E-state index in [-0.39, 0.29) is 11.7 Å². The number of carbonyl (C=O) groups is 2. The molecule has 5 aromatic rings. The minimum atomic E-state index is 0.0678. The minimum absolute atomic E-state index is 0.0678. The second-order valence-corrected chi connectivity index (χ2v) is 11.2. The number of Topliss-reactive ketones (excluding diaryl/α,β-unsaturated/α-hetero) is 2. The summed E-state index contributed by atoms with van der Waals surface area (Å²) in [6, 6.07) is 26.2. The Labute approximate surface area is 232 Å². The highest BCUT2D eigenvalue weighted by atomic mass is 32.1. The van der Waals surface area contributed by atoms with Crippen molar-refractivity contribution in [3.63, 3.8) is 0 Å². The maximum atomic E-state index is 13.0. The lowest BCUT2D eigenvalue weighted by atomic mass is 9.95. The van der Waals surface area contributed by atoms with Crippen LogP contribution in [0.1, 0.15) is 51.9 Å². The van der Waals surface area contributed by atoms with Crippen LogP contribution in [0.4, 0.5) is 0 Å². The summed E-state index contributed by atoms with van der Waals surface area (Å²) in [5, 5.41) is 1.98. The number of likely N-dealkylation sites (tertiary alicyclic amines) is 1. The number of fused-ring (bicyclic) bond motifs is 1. The number of hydrogen-bond donors (Lipinski definition) is 0. The maximum Gasteiger partial charge on any atom is 0.175 e. The Hall–Kier alpha value is -3.87. The van der Waals surface area contributed by atoms with Crippen molar-refractivity contribution in [2.75, 3.05) is 13.1 Å². The highest BCUT2D eigenvalue weighted by Crippen LogP contribution is 2.30. The summed E-state index contributed by atoms with van der Waals surface area (Å²) in [6.07, 6.45) is 4.98. The average molecular weight is 534 g/mol. The molecular formula is C33H31N3O2S. The van der Waals surface area contributed by atoms with Gasteiger partial charge in [0.05, 0.1) is 16.3 Å². The summed E-state index contributed by atoms with van der Waals surface area (Å²) >= 11 is 1.55. The van der Waals surface area contributed by atoms with E-state index < -0.39 is 0 Å². The molecule has 0 radical (unpaired) electrons. The van der Waals surface area contributed by atoms with Crippen LogP contribution in [-0.2, 0) is 6.54 Å². The lowest BCUT2D eigenvalue weighted by molar-refractivity contribution is 0.0911. The summed E-state index contributed by atoms with van der Waals surface area (Å²) in [5.41, 5.74) is 7.02. The number of carbonyl (C=O) groups excluding carboxylic acids is 2. The standard InChI is InChI=1S/C33H31N3O2S/c1-23(37)24-11-13-25(14-12-24)28-15-16-31-34-32(26-7-3-2-4-8-26)29(36(31)21-28)22-35-18-5-9-27(17-19-35)33(38)30-10-6-20-39-30/h2-4,6-8,10-16,20-21,27H,5,9,17-19,22H2,1H3. The molecule has 1 aliphatic heterocycles. The molecule has 0 saturated carbocycles. The van der Waals surface area contributed by atoms with Gasteiger partial charge < -0.3 is 4.40 Å². The lowest BCUT2D eigenvalue weighted by Crippen LogP contribution is -2.26. The van der Waals surface area contributed by atoms with Gasteiger partial charge in [0.25, 0.3) is 0 Å². The van der Waals surface area contributed by atoms with Gasteiger partial charge in [-0.2, -0.15) is 0 Å². The van der Waals surface area contributed by atoms with Gasteiger partial charge in [0, 0.05) is 29.8 Å². The SMILES string of the molecule is CC(=O)c1ccc(-c2ccc3nc(-c4ccccc4)c(CN4CCCC(C(=O)c5cccs5)CC4)n3c2)cc1. The molecule has 3 aromatic heterocycles. The first kappa shape index (κ1) is 25.4. The molecule has 1 unspecified atom stereocenters. The fourth-order valence-electron chi connectivity index (χ4n) is 5.55. The molecular weight excluding hydrogens is 502 g/mol. The van der Waals surface area contributed by atoms with Crippen LogP contribution < -0.4 is 0 Å². The second-order valence-electron chi connectivity index (χ2n) is 10.3. The van der Waals surface area contributed by atoms with Gasteiger partial charge in [-0.25, -0.2) is 4.98 Å². The van der Waals surface area contributed by atoms with Crippen molar-refractivity contribution in [1.29, 1.82) is 0 Å². The van der Waals surface area contributed by atoms with E-state index >= 15 is 0 Å². The molecule has 0 bridgehead atoms. The molecule has 6 rings (SSSR count). The first-order chi connectivity index (χ1) is 19.1. The smallest absolute Gasteiger partial charge is 0.175 e. The first-order valence-electron chi connectivity index (χ1n) is 13.5. The van der Waals surface area contributed by atoms with Gasteiger partial charge >= 0.3 is 0 Å². The fourth-order valence-corrected chi connectivity index (χ4v) is 6.29. The normalized spacial score (nSPS) is 16.3. The van der Waals surface area contributed by atoms with Crippen LogP contribution in [0.15, 0.2) is 90.4 Å². The minimum Gasteiger partial charge on any atom is -0.301 e. The van der Waals surface area contributed by atoms with Gasteiger partial charge in [0.15, 0.2) is 11.6 Å². The molecule has 5 nitrogen and oxygen atoms in total. The molecule has 0 spiro atoms. The molecule has 0 aliphatic carbocycles. The number of rotatable bonds is 7. The highest BCUT2D eigenvalue weighted by molar-refractivity contribution is 7.12. The topological polar surface area (TPSA) is 54.7 Å². The van der Waals surface area contributed by atoms with E-state index in [9.17, 15) is 9.59 Å². The van der Waals surface area contributed by atoms with Crippen molar-refractivity contribution in [1.82, 2.24) is 14.3 Å². The number of nitrogens with zero attached hydrogens (tertiary/aromatic N) is 3. The van der Waals surface area contributed by atoms with Gasteiger partial charge in [0.2, 0.25) is 0 Å². The molecule has 39 heavy (non-hydrogen) atoms. The highest BCUT2D eigenvalue weighted by Gasteiger charge is 2.26. The Kier molecular flexibility index (Phi) is 7.22. The zero-order chi connectivity index (χ0) is 26.8. The molecule has 6 heteroatoms. The quantitative estimate of drug-likeness (QED) is 0.204. The fraction of sp³-hybridized carbons (Fsp3) is 0.242. The number of imidazole rings is 1. The summed E-state index contributed by atoms with van der Waals surface area (Å²) in [5.74, 6) is 0.458. The molecule has 196 valence electrons. The van der Waals surface area contributed by atoms with Crippen molar-refractivity contribution in [2.45, 2.75) is 32.7 Å². The predicted octanol–water partition coefficient (Wildman–Crippen LogP) is 7.42. The molecule has 2 aromatic carbocycles. The van der Waals surface area contributed by atoms with E-state index in [2.05, 4.69) is 51.9 Å². The van der Waals surface area contributed by atoms with Crippen LogP contribution in [0.3, 0.4) is 0 Å². The lowest BCUT2D eigenvalue weighted by Gasteiger charge is -2.21. The van der Waals surface area contributed by atoms with Gasteiger partial charge in [-0.3, -0.25) is 14.5 Å². The zero-order valence-electron chi connectivity index (χ0n) is 22.0. The van der Waals surface area contributed by atoms with E-state index in [0.29, 0.717) is 11.3 Å². The molecule has 1 saturated heterocycles. The van der Waals surface area contributed by atoms with Crippen molar-refractivity contribution < 1.29 is 9.59 Å². The van der Waals surface area contributed by atoms with Gasteiger partial charge in [-0.15, -0.1) is 11.3 Å². The molecule has 4 heterocycles. The average Bonchev–Trinajstić information content (AvgIpc) is 3.57. The summed E-state index contributed by atoms with van der Waals surface area (Å²) in [7, 11) is 0. The Bertz CT molecular complexity index is 1600. The van der Waals surface area contributed by atoms with E-state index in [4.69, 9.17) is 4.98 Å². The van der Waals surface area contributed by atoms with Gasteiger partial charge in [-0.05, 0) is 74.0 Å². The van der Waals surface area contributed by atoms with Crippen LogP contribution in [0.2, 0.25) is 0 Å². The van der Waals surface area contributed by atoms with E-state index in [1.165, 1.54) is 0 Å². The predicted molar refractivity (Wildman–Crippen MR) is 157 cm³/mol. The van der Waals surface area contributed by atoms with Gasteiger partial charge in [0.1, 0.15) is 5.65 Å². The largest absolute Gasteiger partial charge is 0.301 e. The van der Waals surface area contributed by atoms with Crippen molar-refractivity contribution in [3.8, 4) is 22.4 Å². The van der Waals surface area contributed by atoms with Crippen LogP contribution in [0, 0.1) is 5.92 Å². The Morgan fingerprint density at radius 2 is 1.67 bits per heavy atom. The number of ketones is 2. The Balaban J connectivity index is 1.32. The summed E-state index contributed by atoms with van der Waals surface area (Å²) < 4.78 is 2.22. The Morgan fingerprint density at radius 3 is 2.41 bits per heavy atom. The van der Waals surface area contributed by atoms with Crippen LogP contribution in [0.5, 0.6) is 0 Å². The molecule has 0 amide bonds. The van der Waals surface area contributed by atoms with Crippen molar-refractivity contribution in [3.05, 3.63) is 107 Å². The molecule has 0 N–H and O–H groups in total. The molecule has 1 fully saturated rings. The monoisotopic (exact) mass is 533 g/mol.